The normalized spacial score (nSPS) is 13.7. The van der Waals surface area contributed by atoms with Gasteiger partial charge in [0.1, 0.15) is 11.0 Å². The van der Waals surface area contributed by atoms with E-state index in [1.165, 1.54) is 21.5 Å². The summed E-state index contributed by atoms with van der Waals surface area (Å²) < 4.78 is 15.3. The van der Waals surface area contributed by atoms with Crippen molar-refractivity contribution in [3.8, 4) is 0 Å². The van der Waals surface area contributed by atoms with Gasteiger partial charge in [0.25, 0.3) is 0 Å². The van der Waals surface area contributed by atoms with Crippen LogP contribution >= 0.6 is 7.92 Å². The van der Waals surface area contributed by atoms with Crippen LogP contribution in [0.3, 0.4) is 0 Å². The minimum Gasteiger partial charge on any atom is -0.242 e. The van der Waals surface area contributed by atoms with Gasteiger partial charge in [-0.3, -0.25) is 0 Å². The van der Waals surface area contributed by atoms with Crippen molar-refractivity contribution in [2.75, 3.05) is 7.05 Å². The van der Waals surface area contributed by atoms with Crippen molar-refractivity contribution in [2.45, 2.75) is 31.6 Å². The average molecular weight is 486 g/mol. The second-order valence-electron chi connectivity index (χ2n) is 9.29. The molecule has 0 aliphatic heterocycles. The van der Waals surface area contributed by atoms with Crippen LogP contribution in [0, 0.1) is 0 Å². The first-order valence-electron chi connectivity index (χ1n) is 11.6. The Hall–Kier alpha value is -2.58. The first-order valence-corrected chi connectivity index (χ1v) is 14.0. The zero-order valence-electron chi connectivity index (χ0n) is 20.3. The second kappa shape index (κ2) is 10.8. The maximum atomic E-state index is 13.6. The van der Waals surface area contributed by atoms with Crippen molar-refractivity contribution >= 4 is 34.8 Å². The van der Waals surface area contributed by atoms with Crippen molar-refractivity contribution in [1.29, 1.82) is 0 Å². The molecule has 0 fully saturated rings. The van der Waals surface area contributed by atoms with Crippen molar-refractivity contribution < 1.29 is 4.21 Å². The fraction of sp³-hybridized carbons (Fsp3) is 0.200. The lowest BCUT2D eigenvalue weighted by molar-refractivity contribution is 0.441. The predicted molar refractivity (Wildman–Crippen MR) is 149 cm³/mol. The largest absolute Gasteiger partial charge is 0.242 e. The van der Waals surface area contributed by atoms with Gasteiger partial charge in [-0.25, -0.2) is 8.51 Å². The quantitative estimate of drug-likeness (QED) is 0.297. The summed E-state index contributed by atoms with van der Waals surface area (Å²) in [4.78, 5) is 0. The molecule has 2 unspecified atom stereocenters. The first-order chi connectivity index (χ1) is 16.4. The Bertz CT molecular complexity index is 1180. The van der Waals surface area contributed by atoms with Gasteiger partial charge in [0.05, 0.1) is 10.8 Å². The minimum absolute atomic E-state index is 0.130. The minimum atomic E-state index is -1.18. The number of hydrogen-bond acceptors (Lipinski definition) is 1. The number of hydrogen-bond donors (Lipinski definition) is 0. The molecule has 2 atom stereocenters. The van der Waals surface area contributed by atoms with Gasteiger partial charge in [-0.15, -0.1) is 0 Å². The van der Waals surface area contributed by atoms with Crippen molar-refractivity contribution in [3.63, 3.8) is 0 Å². The van der Waals surface area contributed by atoms with E-state index in [9.17, 15) is 4.21 Å². The molecule has 2 nitrogen and oxygen atoms in total. The van der Waals surface area contributed by atoms with Crippen molar-refractivity contribution in [3.05, 3.63) is 126 Å². The molecule has 0 aromatic heterocycles. The van der Waals surface area contributed by atoms with Crippen LogP contribution in [0.1, 0.15) is 37.9 Å². The fourth-order valence-corrected chi connectivity index (χ4v) is 8.03. The van der Waals surface area contributed by atoms with E-state index in [0.29, 0.717) is 0 Å². The standard InChI is InChI=1S/C30H32NOPS/c1-30(2,3)34(32)31(4)29(24-16-8-5-9-17-24)27-22-14-15-23-28(27)33(25-18-10-6-11-19-25)26-20-12-7-13-21-26/h5-23,29H,1-4H3. The van der Waals surface area contributed by atoms with Gasteiger partial charge in [-0.05, 0) is 55.7 Å². The molecule has 4 heteroatoms. The molecule has 0 radical (unpaired) electrons. The monoisotopic (exact) mass is 485 g/mol. The van der Waals surface area contributed by atoms with E-state index in [2.05, 4.69) is 109 Å². The summed E-state index contributed by atoms with van der Waals surface area (Å²) in [5, 5.41) is 3.91. The van der Waals surface area contributed by atoms with Gasteiger partial charge >= 0.3 is 0 Å². The molecule has 34 heavy (non-hydrogen) atoms. The van der Waals surface area contributed by atoms with Crippen LogP contribution in [-0.2, 0) is 11.0 Å². The van der Waals surface area contributed by atoms with Crippen LogP contribution in [0.25, 0.3) is 0 Å². The molecular weight excluding hydrogens is 453 g/mol. The molecule has 174 valence electrons. The number of nitrogens with zero attached hydrogens (tertiary/aromatic N) is 1. The van der Waals surface area contributed by atoms with Gasteiger partial charge in [-0.2, -0.15) is 0 Å². The third kappa shape index (κ3) is 5.39. The molecule has 0 saturated carbocycles. The maximum Gasteiger partial charge on any atom is 0.100 e. The van der Waals surface area contributed by atoms with Gasteiger partial charge in [0, 0.05) is 7.05 Å². The Kier molecular flexibility index (Phi) is 7.78. The van der Waals surface area contributed by atoms with Gasteiger partial charge < -0.3 is 0 Å². The van der Waals surface area contributed by atoms with Crippen LogP contribution in [0.5, 0.6) is 0 Å². The zero-order valence-corrected chi connectivity index (χ0v) is 22.0. The summed E-state index contributed by atoms with van der Waals surface area (Å²) in [7, 11) is 0.0188. The van der Waals surface area contributed by atoms with Crippen LogP contribution in [0.15, 0.2) is 115 Å². The molecule has 0 heterocycles. The van der Waals surface area contributed by atoms with Crippen molar-refractivity contribution in [1.82, 2.24) is 4.31 Å². The molecule has 0 amide bonds. The summed E-state index contributed by atoms with van der Waals surface area (Å²) in [6.45, 7) is 6.11. The lowest BCUT2D eigenvalue weighted by Crippen LogP contribution is -2.39. The Morgan fingerprint density at radius 1 is 0.676 bits per heavy atom. The maximum absolute atomic E-state index is 13.6. The van der Waals surface area contributed by atoms with Crippen LogP contribution in [0.2, 0.25) is 0 Å². The summed E-state index contributed by atoms with van der Waals surface area (Å²) in [5.41, 5.74) is 2.35. The Morgan fingerprint density at radius 3 is 1.62 bits per heavy atom. The summed E-state index contributed by atoms with van der Waals surface area (Å²) in [5.74, 6) is 0. The molecule has 0 saturated heterocycles. The van der Waals surface area contributed by atoms with Gasteiger partial charge in [0.15, 0.2) is 0 Å². The Labute approximate surface area is 208 Å². The predicted octanol–water partition coefficient (Wildman–Crippen LogP) is 5.93. The molecule has 4 aromatic rings. The van der Waals surface area contributed by atoms with E-state index >= 15 is 0 Å². The molecule has 0 aliphatic carbocycles. The van der Waals surface area contributed by atoms with Crippen LogP contribution in [0.4, 0.5) is 0 Å². The molecule has 0 aliphatic rings. The highest BCUT2D eigenvalue weighted by molar-refractivity contribution is 7.84. The smallest absolute Gasteiger partial charge is 0.100 e. The average Bonchev–Trinajstić information content (AvgIpc) is 2.86. The number of rotatable bonds is 7. The number of benzene rings is 4. The fourth-order valence-electron chi connectivity index (χ4n) is 4.25. The second-order valence-corrected chi connectivity index (χ2v) is 13.8. The van der Waals surface area contributed by atoms with Crippen LogP contribution in [-0.4, -0.2) is 20.3 Å². The Morgan fingerprint density at radius 2 is 1.12 bits per heavy atom. The highest BCUT2D eigenvalue weighted by Crippen LogP contribution is 2.39. The molecule has 4 rings (SSSR count). The first kappa shape index (κ1) is 24.5. The Balaban J connectivity index is 1.94. The summed E-state index contributed by atoms with van der Waals surface area (Å²) >= 11 is 0. The van der Waals surface area contributed by atoms with E-state index in [-0.39, 0.29) is 10.8 Å². The summed E-state index contributed by atoms with van der Waals surface area (Å²) in [6.07, 6.45) is 0. The van der Waals surface area contributed by atoms with E-state index in [0.717, 1.165) is 5.56 Å². The van der Waals surface area contributed by atoms with Crippen LogP contribution < -0.4 is 15.9 Å². The highest BCUT2D eigenvalue weighted by Gasteiger charge is 2.33. The van der Waals surface area contributed by atoms with Gasteiger partial charge in [-0.1, -0.05) is 115 Å². The molecule has 0 N–H and O–H groups in total. The highest BCUT2D eigenvalue weighted by atomic mass is 32.2. The lowest BCUT2D eigenvalue weighted by Gasteiger charge is -2.35. The molecule has 0 bridgehead atoms. The van der Waals surface area contributed by atoms with E-state index in [4.69, 9.17) is 0 Å². The van der Waals surface area contributed by atoms with E-state index < -0.39 is 18.9 Å². The zero-order chi connectivity index (χ0) is 24.1. The third-order valence-electron chi connectivity index (χ3n) is 5.77. The SMILES string of the molecule is CN(C(c1ccccc1)c1ccccc1P(c1ccccc1)c1ccccc1)S(=O)C(C)(C)C. The third-order valence-corrected chi connectivity index (χ3v) is 10.1. The summed E-state index contributed by atoms with van der Waals surface area (Å²) in [6, 6.07) is 40.5. The molecule has 0 spiro atoms. The lowest BCUT2D eigenvalue weighted by atomic mass is 9.99. The van der Waals surface area contributed by atoms with E-state index in [1.54, 1.807) is 0 Å². The van der Waals surface area contributed by atoms with Gasteiger partial charge in [0.2, 0.25) is 0 Å². The molecule has 4 aromatic carbocycles. The van der Waals surface area contributed by atoms with Crippen molar-refractivity contribution in [2.24, 2.45) is 0 Å². The topological polar surface area (TPSA) is 20.3 Å². The molecular formula is C30H32NOPS. The van der Waals surface area contributed by atoms with E-state index in [1.807, 2.05) is 38.2 Å².